The third kappa shape index (κ3) is 4.52. The molecule has 3 amide bonds. The van der Waals surface area contributed by atoms with Crippen molar-refractivity contribution in [2.45, 2.75) is 6.42 Å². The zero-order valence-corrected chi connectivity index (χ0v) is 16.5. The summed E-state index contributed by atoms with van der Waals surface area (Å²) in [6, 6.07) is 10.7. The van der Waals surface area contributed by atoms with Gasteiger partial charge in [0.1, 0.15) is 0 Å². The fourth-order valence-electron chi connectivity index (χ4n) is 3.03. The molecule has 8 heteroatoms. The second-order valence-electron chi connectivity index (χ2n) is 6.48. The standard InChI is InChI=1S/C21H19ClN2O5/c1-29-9-3-8-24-20(27)16-7-6-14(11-17(16)21(24)28)19(26)23-12-18(25)13-4-2-5-15(22)10-13/h2,4-7,10-11H,3,8-9,12H2,1H3,(H,23,26). The number of imide groups is 1. The van der Waals surface area contributed by atoms with E-state index in [4.69, 9.17) is 16.3 Å². The highest BCUT2D eigenvalue weighted by molar-refractivity contribution is 6.31. The van der Waals surface area contributed by atoms with E-state index >= 15 is 0 Å². The van der Waals surface area contributed by atoms with Crippen molar-refractivity contribution in [2.24, 2.45) is 0 Å². The number of nitrogens with one attached hydrogen (secondary N) is 1. The van der Waals surface area contributed by atoms with Crippen LogP contribution in [0.25, 0.3) is 0 Å². The molecular formula is C21H19ClN2O5. The number of carbonyl (C=O) groups is 4. The Morgan fingerprint density at radius 3 is 2.52 bits per heavy atom. The Kier molecular flexibility index (Phi) is 6.41. The van der Waals surface area contributed by atoms with Crippen LogP contribution in [0.1, 0.15) is 47.9 Å². The van der Waals surface area contributed by atoms with E-state index in [2.05, 4.69) is 5.32 Å². The second-order valence-corrected chi connectivity index (χ2v) is 6.92. The Labute approximate surface area is 172 Å². The molecule has 2 aromatic rings. The van der Waals surface area contributed by atoms with Gasteiger partial charge >= 0.3 is 0 Å². The average Bonchev–Trinajstić information content (AvgIpc) is 2.96. The molecule has 2 aromatic carbocycles. The molecule has 0 spiro atoms. The van der Waals surface area contributed by atoms with Crippen molar-refractivity contribution in [3.05, 3.63) is 69.7 Å². The van der Waals surface area contributed by atoms with Crippen LogP contribution in [0.15, 0.2) is 42.5 Å². The molecule has 0 aliphatic carbocycles. The molecule has 0 unspecified atom stereocenters. The molecule has 0 bridgehead atoms. The number of Topliss-reactive ketones (excluding diaryl/α,β-unsaturated/α-hetero) is 1. The minimum atomic E-state index is -0.513. The largest absolute Gasteiger partial charge is 0.385 e. The first-order valence-electron chi connectivity index (χ1n) is 8.98. The molecule has 29 heavy (non-hydrogen) atoms. The Morgan fingerprint density at radius 1 is 1.03 bits per heavy atom. The van der Waals surface area contributed by atoms with Gasteiger partial charge in [0.25, 0.3) is 17.7 Å². The minimum absolute atomic E-state index is 0.182. The van der Waals surface area contributed by atoms with Gasteiger partial charge < -0.3 is 10.1 Å². The summed E-state index contributed by atoms with van der Waals surface area (Å²) in [5.41, 5.74) is 1.03. The van der Waals surface area contributed by atoms with Gasteiger partial charge in [-0.05, 0) is 36.8 Å². The van der Waals surface area contributed by atoms with E-state index in [1.54, 1.807) is 25.3 Å². The van der Waals surface area contributed by atoms with Crippen molar-refractivity contribution in [1.82, 2.24) is 10.2 Å². The molecule has 0 saturated heterocycles. The molecule has 1 aliphatic rings. The quantitative estimate of drug-likeness (QED) is 0.407. The predicted octanol–water partition coefficient (Wildman–Crippen LogP) is 2.59. The molecule has 0 radical (unpaired) electrons. The van der Waals surface area contributed by atoms with Crippen molar-refractivity contribution in [3.63, 3.8) is 0 Å². The SMILES string of the molecule is COCCCN1C(=O)c2ccc(C(=O)NCC(=O)c3cccc(Cl)c3)cc2C1=O. The van der Waals surface area contributed by atoms with E-state index in [0.717, 1.165) is 4.90 Å². The number of carbonyl (C=O) groups excluding carboxylic acids is 4. The molecule has 1 aliphatic heterocycles. The fourth-order valence-corrected chi connectivity index (χ4v) is 3.22. The topological polar surface area (TPSA) is 92.8 Å². The third-order valence-corrected chi connectivity index (χ3v) is 4.75. The van der Waals surface area contributed by atoms with Gasteiger partial charge in [0, 0.05) is 36.4 Å². The summed E-state index contributed by atoms with van der Waals surface area (Å²) in [6.45, 7) is 0.462. The molecular weight excluding hydrogens is 396 g/mol. The maximum Gasteiger partial charge on any atom is 0.261 e. The van der Waals surface area contributed by atoms with Crippen LogP contribution in [0.5, 0.6) is 0 Å². The molecule has 0 saturated carbocycles. The van der Waals surface area contributed by atoms with Gasteiger partial charge in [0.2, 0.25) is 0 Å². The number of ether oxygens (including phenoxy) is 1. The number of nitrogens with zero attached hydrogens (tertiary/aromatic N) is 1. The summed E-state index contributed by atoms with van der Waals surface area (Å²) in [5, 5.41) is 2.96. The molecule has 1 N–H and O–H groups in total. The van der Waals surface area contributed by atoms with Crippen LogP contribution >= 0.6 is 11.6 Å². The number of fused-ring (bicyclic) bond motifs is 1. The number of hydrogen-bond donors (Lipinski definition) is 1. The first-order chi connectivity index (χ1) is 13.9. The van der Waals surface area contributed by atoms with Crippen LogP contribution in [0, 0.1) is 0 Å². The van der Waals surface area contributed by atoms with Gasteiger partial charge in [-0.15, -0.1) is 0 Å². The van der Waals surface area contributed by atoms with E-state index in [1.165, 1.54) is 24.3 Å². The van der Waals surface area contributed by atoms with Gasteiger partial charge in [0.05, 0.1) is 17.7 Å². The first kappa shape index (κ1) is 20.7. The van der Waals surface area contributed by atoms with Crippen molar-refractivity contribution in [1.29, 1.82) is 0 Å². The van der Waals surface area contributed by atoms with E-state index < -0.39 is 11.8 Å². The Bertz CT molecular complexity index is 989. The Morgan fingerprint density at radius 2 is 1.79 bits per heavy atom. The van der Waals surface area contributed by atoms with Crippen LogP contribution in [-0.2, 0) is 4.74 Å². The zero-order chi connectivity index (χ0) is 21.0. The maximum absolute atomic E-state index is 12.5. The maximum atomic E-state index is 12.5. The van der Waals surface area contributed by atoms with Gasteiger partial charge in [-0.25, -0.2) is 0 Å². The number of rotatable bonds is 8. The smallest absolute Gasteiger partial charge is 0.261 e. The highest BCUT2D eigenvalue weighted by atomic mass is 35.5. The zero-order valence-electron chi connectivity index (χ0n) is 15.7. The second kappa shape index (κ2) is 8.98. The van der Waals surface area contributed by atoms with Crippen LogP contribution in [-0.4, -0.2) is 55.2 Å². The highest BCUT2D eigenvalue weighted by Gasteiger charge is 2.35. The Hall–Kier alpha value is -3.03. The van der Waals surface area contributed by atoms with E-state index in [0.29, 0.717) is 23.6 Å². The normalized spacial score (nSPS) is 12.8. The molecule has 0 fully saturated rings. The van der Waals surface area contributed by atoms with Crippen LogP contribution in [0.2, 0.25) is 5.02 Å². The monoisotopic (exact) mass is 414 g/mol. The number of methoxy groups -OCH3 is 1. The minimum Gasteiger partial charge on any atom is -0.385 e. The lowest BCUT2D eigenvalue weighted by molar-refractivity contribution is 0.0638. The van der Waals surface area contributed by atoms with Gasteiger partial charge in [-0.1, -0.05) is 23.7 Å². The van der Waals surface area contributed by atoms with Crippen molar-refractivity contribution in [2.75, 3.05) is 26.8 Å². The van der Waals surface area contributed by atoms with Gasteiger partial charge in [0.15, 0.2) is 5.78 Å². The number of benzene rings is 2. The number of ketones is 1. The third-order valence-electron chi connectivity index (χ3n) is 4.52. The highest BCUT2D eigenvalue weighted by Crippen LogP contribution is 2.24. The van der Waals surface area contributed by atoms with E-state index in [-0.39, 0.29) is 41.5 Å². The summed E-state index contributed by atoms with van der Waals surface area (Å²) in [6.07, 6.45) is 0.529. The summed E-state index contributed by atoms with van der Waals surface area (Å²) in [4.78, 5) is 50.7. The summed E-state index contributed by atoms with van der Waals surface area (Å²) < 4.78 is 4.95. The summed E-state index contributed by atoms with van der Waals surface area (Å²) >= 11 is 5.87. The van der Waals surface area contributed by atoms with Crippen molar-refractivity contribution in [3.8, 4) is 0 Å². The number of amides is 3. The number of halogens is 1. The first-order valence-corrected chi connectivity index (χ1v) is 9.36. The lowest BCUT2D eigenvalue weighted by Crippen LogP contribution is -2.31. The molecule has 0 aromatic heterocycles. The number of hydrogen-bond acceptors (Lipinski definition) is 5. The van der Waals surface area contributed by atoms with Gasteiger partial charge in [-0.3, -0.25) is 24.1 Å². The van der Waals surface area contributed by atoms with Crippen molar-refractivity contribution >= 4 is 35.1 Å². The van der Waals surface area contributed by atoms with Crippen LogP contribution < -0.4 is 5.32 Å². The molecule has 150 valence electrons. The van der Waals surface area contributed by atoms with E-state index in [9.17, 15) is 19.2 Å². The van der Waals surface area contributed by atoms with Crippen molar-refractivity contribution < 1.29 is 23.9 Å². The van der Waals surface area contributed by atoms with Gasteiger partial charge in [-0.2, -0.15) is 0 Å². The van der Waals surface area contributed by atoms with Crippen LogP contribution in [0.4, 0.5) is 0 Å². The lowest BCUT2D eigenvalue weighted by atomic mass is 10.1. The summed E-state index contributed by atoms with van der Waals surface area (Å²) in [5.74, 6) is -1.63. The average molecular weight is 415 g/mol. The Balaban J connectivity index is 1.67. The molecule has 1 heterocycles. The molecule has 7 nitrogen and oxygen atoms in total. The summed E-state index contributed by atoms with van der Waals surface area (Å²) in [7, 11) is 1.55. The fraction of sp³-hybridized carbons (Fsp3) is 0.238. The lowest BCUT2D eigenvalue weighted by Gasteiger charge is -2.12. The van der Waals surface area contributed by atoms with Crippen LogP contribution in [0.3, 0.4) is 0 Å². The predicted molar refractivity (Wildman–Crippen MR) is 106 cm³/mol. The molecule has 0 atom stereocenters. The molecule has 3 rings (SSSR count). The van der Waals surface area contributed by atoms with E-state index in [1.807, 2.05) is 0 Å².